The van der Waals surface area contributed by atoms with Crippen molar-refractivity contribution in [1.29, 1.82) is 0 Å². The third kappa shape index (κ3) is 6.66. The van der Waals surface area contributed by atoms with Crippen molar-refractivity contribution in [3.8, 4) is 0 Å². The molecular formula is C30H36N2O6S2. The standard InChI is InChI=1S/C30H36N2O6S2/c1-19(29(35)36)31(21-11-3-4-12-21)24-16-8-10-18-26(24)40-39-25-17-9-7-15-23(25)27(33)28(34)32(20(2)30(37)38)22-13-5-6-14-22/h7-10,15-22H,3-6,11-14H2,1-2H3,(H,35,36)(H,37,38)/t19-,20-/m0/s1. The molecule has 4 rings (SSSR count). The number of nitrogens with zero attached hydrogens (tertiary/aromatic N) is 2. The number of amides is 1. The van der Waals surface area contributed by atoms with E-state index in [9.17, 15) is 29.4 Å². The van der Waals surface area contributed by atoms with E-state index in [0.717, 1.165) is 49.1 Å². The van der Waals surface area contributed by atoms with Crippen LogP contribution in [0, 0.1) is 0 Å². The molecule has 0 aromatic heterocycles. The maximum atomic E-state index is 13.5. The smallest absolute Gasteiger partial charge is 0.326 e. The van der Waals surface area contributed by atoms with Crippen LogP contribution < -0.4 is 4.90 Å². The number of benzene rings is 2. The molecule has 0 heterocycles. The van der Waals surface area contributed by atoms with Gasteiger partial charge in [0, 0.05) is 27.4 Å². The van der Waals surface area contributed by atoms with Crippen LogP contribution >= 0.6 is 21.6 Å². The number of ketones is 1. The van der Waals surface area contributed by atoms with E-state index in [2.05, 4.69) is 0 Å². The van der Waals surface area contributed by atoms with Crippen LogP contribution in [0.5, 0.6) is 0 Å². The number of carbonyl (C=O) groups is 4. The fraction of sp³-hybridized carbons (Fsp3) is 0.467. The molecule has 2 atom stereocenters. The molecule has 1 amide bonds. The molecule has 0 bridgehead atoms. The van der Waals surface area contributed by atoms with Gasteiger partial charge in [0.1, 0.15) is 12.1 Å². The number of carboxylic acids is 2. The van der Waals surface area contributed by atoms with Crippen molar-refractivity contribution in [2.45, 2.75) is 99.2 Å². The number of rotatable bonds is 12. The van der Waals surface area contributed by atoms with Crippen LogP contribution in [0.1, 0.15) is 75.6 Å². The highest BCUT2D eigenvalue weighted by Crippen LogP contribution is 2.45. The molecule has 40 heavy (non-hydrogen) atoms. The van der Waals surface area contributed by atoms with Crippen LogP contribution in [0.3, 0.4) is 0 Å². The lowest BCUT2D eigenvalue weighted by atomic mass is 10.1. The SMILES string of the molecule is C[C@@H](C(=O)O)N(C(=O)C(=O)c1ccccc1SSc1ccccc1N(C1CCCC1)[C@@H](C)C(=O)O)C1CCCC1. The fourth-order valence-electron chi connectivity index (χ4n) is 5.77. The Morgan fingerprint density at radius 1 is 0.725 bits per heavy atom. The molecule has 10 heteroatoms. The first-order valence-corrected chi connectivity index (χ1v) is 16.0. The van der Waals surface area contributed by atoms with E-state index in [4.69, 9.17) is 0 Å². The van der Waals surface area contributed by atoms with Crippen molar-refractivity contribution in [3.05, 3.63) is 54.1 Å². The number of para-hydroxylation sites is 1. The minimum absolute atomic E-state index is 0.141. The molecule has 2 aliphatic carbocycles. The zero-order valence-electron chi connectivity index (χ0n) is 22.8. The summed E-state index contributed by atoms with van der Waals surface area (Å²) >= 11 is 0. The largest absolute Gasteiger partial charge is 0.480 e. The maximum Gasteiger partial charge on any atom is 0.326 e. The highest BCUT2D eigenvalue weighted by Gasteiger charge is 2.38. The number of carbonyl (C=O) groups excluding carboxylic acids is 2. The second-order valence-corrected chi connectivity index (χ2v) is 12.7. The second kappa shape index (κ2) is 13.6. The lowest BCUT2D eigenvalue weighted by Gasteiger charge is -2.35. The van der Waals surface area contributed by atoms with Crippen LogP contribution in [-0.2, 0) is 14.4 Å². The number of anilines is 1. The van der Waals surface area contributed by atoms with Gasteiger partial charge in [0.25, 0.3) is 11.7 Å². The Morgan fingerprint density at radius 2 is 1.23 bits per heavy atom. The van der Waals surface area contributed by atoms with Gasteiger partial charge in [-0.25, -0.2) is 9.59 Å². The molecule has 0 aliphatic heterocycles. The third-order valence-electron chi connectivity index (χ3n) is 7.91. The van der Waals surface area contributed by atoms with Crippen LogP contribution in [0.25, 0.3) is 0 Å². The van der Waals surface area contributed by atoms with Crippen LogP contribution in [-0.4, -0.2) is 62.9 Å². The molecular weight excluding hydrogens is 548 g/mol. The fourth-order valence-corrected chi connectivity index (χ4v) is 8.13. The molecule has 0 spiro atoms. The van der Waals surface area contributed by atoms with Gasteiger partial charge in [-0.2, -0.15) is 0 Å². The summed E-state index contributed by atoms with van der Waals surface area (Å²) in [5.41, 5.74) is 1.07. The molecule has 2 aromatic carbocycles. The normalized spacial score (nSPS) is 17.4. The molecule has 0 saturated heterocycles. The predicted molar refractivity (Wildman–Crippen MR) is 157 cm³/mol. The number of aliphatic carboxylic acids is 2. The van der Waals surface area contributed by atoms with E-state index in [1.165, 1.54) is 33.4 Å². The van der Waals surface area contributed by atoms with E-state index in [1.807, 2.05) is 29.2 Å². The van der Waals surface area contributed by atoms with Gasteiger partial charge in [0.15, 0.2) is 0 Å². The van der Waals surface area contributed by atoms with Crippen molar-refractivity contribution < 1.29 is 29.4 Å². The summed E-state index contributed by atoms with van der Waals surface area (Å²) in [5.74, 6) is -3.52. The Hall–Kier alpha value is -2.98. The second-order valence-electron chi connectivity index (χ2n) is 10.5. The predicted octanol–water partition coefficient (Wildman–Crippen LogP) is 6.14. The first-order valence-electron chi connectivity index (χ1n) is 13.8. The topological polar surface area (TPSA) is 115 Å². The third-order valence-corrected chi connectivity index (χ3v) is 10.4. The Kier molecular flexibility index (Phi) is 10.2. The average Bonchev–Trinajstić information content (AvgIpc) is 3.68. The Balaban J connectivity index is 1.59. The number of hydrogen-bond acceptors (Lipinski definition) is 7. The highest BCUT2D eigenvalue weighted by molar-refractivity contribution is 8.76. The Labute approximate surface area is 242 Å². The van der Waals surface area contributed by atoms with Crippen LogP contribution in [0.4, 0.5) is 5.69 Å². The first-order chi connectivity index (χ1) is 19.2. The van der Waals surface area contributed by atoms with Crippen LogP contribution in [0.15, 0.2) is 58.3 Å². The lowest BCUT2D eigenvalue weighted by Crippen LogP contribution is -2.51. The lowest BCUT2D eigenvalue weighted by molar-refractivity contribution is -0.149. The zero-order chi connectivity index (χ0) is 28.8. The summed E-state index contributed by atoms with van der Waals surface area (Å²) < 4.78 is 0. The molecule has 2 N–H and O–H groups in total. The molecule has 2 saturated carbocycles. The summed E-state index contributed by atoms with van der Waals surface area (Å²) in [6, 6.07) is 12.6. The summed E-state index contributed by atoms with van der Waals surface area (Å²) in [5, 5.41) is 19.5. The average molecular weight is 585 g/mol. The minimum Gasteiger partial charge on any atom is -0.480 e. The molecule has 0 radical (unpaired) electrons. The monoisotopic (exact) mass is 584 g/mol. The van der Waals surface area contributed by atoms with Gasteiger partial charge in [0.05, 0.1) is 5.69 Å². The maximum absolute atomic E-state index is 13.5. The molecule has 0 unspecified atom stereocenters. The van der Waals surface area contributed by atoms with Gasteiger partial charge in [0.2, 0.25) is 0 Å². The van der Waals surface area contributed by atoms with E-state index in [1.54, 1.807) is 31.2 Å². The van der Waals surface area contributed by atoms with Gasteiger partial charge in [-0.1, -0.05) is 71.5 Å². The van der Waals surface area contributed by atoms with Gasteiger partial charge < -0.3 is 20.0 Å². The molecule has 2 aromatic rings. The van der Waals surface area contributed by atoms with Gasteiger partial charge >= 0.3 is 11.9 Å². The summed E-state index contributed by atoms with van der Waals surface area (Å²) in [4.78, 5) is 55.6. The van der Waals surface area contributed by atoms with E-state index in [0.29, 0.717) is 17.7 Å². The van der Waals surface area contributed by atoms with Gasteiger partial charge in [-0.3, -0.25) is 9.59 Å². The van der Waals surface area contributed by atoms with E-state index < -0.39 is 35.7 Å². The van der Waals surface area contributed by atoms with Gasteiger partial charge in [-0.05, 0) is 63.8 Å². The van der Waals surface area contributed by atoms with Crippen molar-refractivity contribution in [2.24, 2.45) is 0 Å². The quantitative estimate of drug-likeness (QED) is 0.173. The number of carboxylic acid groups (broad SMARTS) is 2. The summed E-state index contributed by atoms with van der Waals surface area (Å²) in [6.07, 6.45) is 7.19. The molecule has 2 fully saturated rings. The molecule has 214 valence electrons. The molecule has 8 nitrogen and oxygen atoms in total. The van der Waals surface area contributed by atoms with Crippen LogP contribution in [0.2, 0.25) is 0 Å². The van der Waals surface area contributed by atoms with Crippen molar-refractivity contribution in [3.63, 3.8) is 0 Å². The van der Waals surface area contributed by atoms with E-state index >= 15 is 0 Å². The number of Topliss-reactive ketones (excluding diaryl/α,β-unsaturated/α-hetero) is 1. The van der Waals surface area contributed by atoms with Crippen molar-refractivity contribution in [1.82, 2.24) is 4.90 Å². The van der Waals surface area contributed by atoms with Crippen molar-refractivity contribution in [2.75, 3.05) is 4.90 Å². The zero-order valence-corrected chi connectivity index (χ0v) is 24.5. The number of hydrogen-bond donors (Lipinski definition) is 2. The Bertz CT molecular complexity index is 1240. The first kappa shape index (κ1) is 30.0. The summed E-state index contributed by atoms with van der Waals surface area (Å²) in [7, 11) is 2.75. The minimum atomic E-state index is -1.13. The molecule has 2 aliphatic rings. The highest BCUT2D eigenvalue weighted by atomic mass is 33.1. The Morgan fingerprint density at radius 3 is 1.82 bits per heavy atom. The van der Waals surface area contributed by atoms with Crippen molar-refractivity contribution >= 4 is 50.9 Å². The summed E-state index contributed by atoms with van der Waals surface area (Å²) in [6.45, 7) is 3.16. The van der Waals surface area contributed by atoms with Gasteiger partial charge in [-0.15, -0.1) is 0 Å². The van der Waals surface area contributed by atoms with E-state index in [-0.39, 0.29) is 17.6 Å².